The highest BCUT2D eigenvalue weighted by molar-refractivity contribution is 8.00. The first-order chi connectivity index (χ1) is 13.4. The number of amides is 1. The van der Waals surface area contributed by atoms with E-state index >= 15 is 0 Å². The van der Waals surface area contributed by atoms with Crippen LogP contribution in [0.5, 0.6) is 5.75 Å². The molecule has 0 bridgehead atoms. The van der Waals surface area contributed by atoms with Crippen molar-refractivity contribution in [2.45, 2.75) is 37.5 Å². The third-order valence-electron chi connectivity index (χ3n) is 4.57. The molecular formula is C22H23ClN2O2S. The van der Waals surface area contributed by atoms with Crippen LogP contribution in [0.25, 0.3) is 10.9 Å². The fourth-order valence-electron chi connectivity index (χ4n) is 3.03. The number of ether oxygens (including phenoxy) is 1. The van der Waals surface area contributed by atoms with Crippen LogP contribution >= 0.6 is 23.4 Å². The highest BCUT2D eigenvalue weighted by Crippen LogP contribution is 2.31. The molecule has 3 aromatic rings. The number of fused-ring (bicyclic) bond motifs is 1. The lowest BCUT2D eigenvalue weighted by molar-refractivity contribution is -0.115. The molecule has 0 aliphatic carbocycles. The second-order valence-corrected chi connectivity index (χ2v) is 8.23. The summed E-state index contributed by atoms with van der Waals surface area (Å²) in [6, 6.07) is 13.4. The molecule has 3 rings (SSSR count). The molecule has 28 heavy (non-hydrogen) atoms. The minimum absolute atomic E-state index is 0.0712. The summed E-state index contributed by atoms with van der Waals surface area (Å²) < 4.78 is 5.15. The first-order valence-corrected chi connectivity index (χ1v) is 10.4. The van der Waals surface area contributed by atoms with Crippen LogP contribution in [-0.4, -0.2) is 23.3 Å². The number of para-hydroxylation sites is 1. The number of nitrogens with one attached hydrogen (secondary N) is 1. The van der Waals surface area contributed by atoms with Crippen molar-refractivity contribution in [1.29, 1.82) is 0 Å². The highest BCUT2D eigenvalue weighted by Gasteiger charge is 2.20. The van der Waals surface area contributed by atoms with Crippen LogP contribution < -0.4 is 10.1 Å². The van der Waals surface area contributed by atoms with E-state index in [0.717, 1.165) is 27.1 Å². The molecule has 0 saturated carbocycles. The molecule has 0 radical (unpaired) electrons. The summed E-state index contributed by atoms with van der Waals surface area (Å²) in [6.07, 6.45) is 0.687. The first-order valence-electron chi connectivity index (χ1n) is 9.11. The molecule has 1 aromatic heterocycles. The lowest BCUT2D eigenvalue weighted by Crippen LogP contribution is -2.24. The molecule has 4 nitrogen and oxygen atoms in total. The van der Waals surface area contributed by atoms with Gasteiger partial charge in [-0.05, 0) is 55.7 Å². The maximum Gasteiger partial charge on any atom is 0.237 e. The number of aryl methyl sites for hydroxylation is 2. The standard InChI is InChI=1S/C22H23ClN2O2S/c1-5-19(22(26)24-15-9-10-18(27-4)17(23)12-15)28-20-11-14(3)16-8-6-7-13(2)21(16)25-20/h6-12,19H,5H2,1-4H3,(H,24,26). The van der Waals surface area contributed by atoms with Crippen LogP contribution in [0.2, 0.25) is 5.02 Å². The van der Waals surface area contributed by atoms with Crippen molar-refractivity contribution in [3.05, 3.63) is 58.6 Å². The van der Waals surface area contributed by atoms with Gasteiger partial charge in [0.05, 0.1) is 27.9 Å². The minimum Gasteiger partial charge on any atom is -0.495 e. The summed E-state index contributed by atoms with van der Waals surface area (Å²) in [5, 5.41) is 5.15. The number of methoxy groups -OCH3 is 1. The number of nitrogens with zero attached hydrogens (tertiary/aromatic N) is 1. The predicted molar refractivity (Wildman–Crippen MR) is 118 cm³/mol. The molecule has 1 amide bonds. The van der Waals surface area contributed by atoms with Gasteiger partial charge in [0.2, 0.25) is 5.91 Å². The fourth-order valence-corrected chi connectivity index (χ4v) is 4.30. The van der Waals surface area contributed by atoms with E-state index in [2.05, 4.69) is 31.3 Å². The number of aromatic nitrogens is 1. The highest BCUT2D eigenvalue weighted by atomic mass is 35.5. The van der Waals surface area contributed by atoms with Gasteiger partial charge >= 0.3 is 0 Å². The number of carbonyl (C=O) groups is 1. The zero-order chi connectivity index (χ0) is 20.3. The Morgan fingerprint density at radius 1 is 1.21 bits per heavy atom. The summed E-state index contributed by atoms with van der Waals surface area (Å²) in [5.41, 5.74) is 3.93. The van der Waals surface area contributed by atoms with Crippen molar-refractivity contribution >= 4 is 45.9 Å². The largest absolute Gasteiger partial charge is 0.495 e. The zero-order valence-corrected chi connectivity index (χ0v) is 17.9. The van der Waals surface area contributed by atoms with Crippen molar-refractivity contribution < 1.29 is 9.53 Å². The van der Waals surface area contributed by atoms with Crippen molar-refractivity contribution in [1.82, 2.24) is 4.98 Å². The minimum atomic E-state index is -0.255. The molecule has 1 atom stereocenters. The monoisotopic (exact) mass is 414 g/mol. The van der Waals surface area contributed by atoms with Crippen LogP contribution in [0.3, 0.4) is 0 Å². The summed E-state index contributed by atoms with van der Waals surface area (Å²) in [5.74, 6) is 0.505. The Morgan fingerprint density at radius 3 is 2.68 bits per heavy atom. The maximum absolute atomic E-state index is 12.8. The second-order valence-electron chi connectivity index (χ2n) is 6.60. The molecule has 0 aliphatic rings. The summed E-state index contributed by atoms with van der Waals surface area (Å²) >= 11 is 7.64. The fraction of sp³-hybridized carbons (Fsp3) is 0.273. The SMILES string of the molecule is CCC(Sc1cc(C)c2cccc(C)c2n1)C(=O)Nc1ccc(OC)c(Cl)c1. The molecule has 0 fully saturated rings. The molecule has 0 saturated heterocycles. The Labute approximate surface area is 174 Å². The van der Waals surface area contributed by atoms with Crippen LogP contribution in [0.1, 0.15) is 24.5 Å². The van der Waals surface area contributed by atoms with Gasteiger partial charge in [0.1, 0.15) is 5.75 Å². The van der Waals surface area contributed by atoms with Gasteiger partial charge in [-0.25, -0.2) is 4.98 Å². The molecule has 146 valence electrons. The van der Waals surface area contributed by atoms with E-state index in [4.69, 9.17) is 21.3 Å². The van der Waals surface area contributed by atoms with Gasteiger partial charge in [0.15, 0.2) is 0 Å². The van der Waals surface area contributed by atoms with Crippen LogP contribution in [0.4, 0.5) is 5.69 Å². The summed E-state index contributed by atoms with van der Waals surface area (Å²) in [4.78, 5) is 17.6. The number of hydrogen-bond acceptors (Lipinski definition) is 4. The van der Waals surface area contributed by atoms with E-state index in [9.17, 15) is 4.79 Å². The van der Waals surface area contributed by atoms with E-state index in [1.54, 1.807) is 25.3 Å². The molecule has 0 spiro atoms. The summed E-state index contributed by atoms with van der Waals surface area (Å²) in [6.45, 7) is 6.13. The average molecular weight is 415 g/mol. The zero-order valence-electron chi connectivity index (χ0n) is 16.4. The maximum atomic E-state index is 12.8. The Hall–Kier alpha value is -2.24. The Kier molecular flexibility index (Phi) is 6.47. The quantitative estimate of drug-likeness (QED) is 0.501. The molecule has 0 aliphatic heterocycles. The number of carbonyl (C=O) groups excluding carboxylic acids is 1. The predicted octanol–water partition coefficient (Wildman–Crippen LogP) is 6.02. The molecule has 1 N–H and O–H groups in total. The smallest absolute Gasteiger partial charge is 0.237 e. The Morgan fingerprint density at radius 2 is 2.00 bits per heavy atom. The van der Waals surface area contributed by atoms with E-state index in [1.165, 1.54) is 11.8 Å². The summed E-state index contributed by atoms with van der Waals surface area (Å²) in [7, 11) is 1.56. The number of rotatable bonds is 6. The number of benzene rings is 2. The normalized spacial score (nSPS) is 12.0. The van der Waals surface area contributed by atoms with Gasteiger partial charge in [-0.2, -0.15) is 0 Å². The molecule has 6 heteroatoms. The number of pyridine rings is 1. The van der Waals surface area contributed by atoms with E-state index in [0.29, 0.717) is 22.9 Å². The van der Waals surface area contributed by atoms with Crippen LogP contribution in [0.15, 0.2) is 47.5 Å². The second kappa shape index (κ2) is 8.84. The number of thioether (sulfide) groups is 1. The van der Waals surface area contributed by atoms with Gasteiger partial charge in [0, 0.05) is 11.1 Å². The Balaban J connectivity index is 1.80. The molecule has 1 unspecified atom stereocenters. The van der Waals surface area contributed by atoms with Crippen LogP contribution in [-0.2, 0) is 4.79 Å². The average Bonchev–Trinajstić information content (AvgIpc) is 2.67. The van der Waals surface area contributed by atoms with Gasteiger partial charge in [-0.3, -0.25) is 4.79 Å². The molecular weight excluding hydrogens is 392 g/mol. The van der Waals surface area contributed by atoms with Gasteiger partial charge in [0.25, 0.3) is 0 Å². The van der Waals surface area contributed by atoms with E-state index < -0.39 is 0 Å². The third-order valence-corrected chi connectivity index (χ3v) is 6.15. The van der Waals surface area contributed by atoms with Gasteiger partial charge < -0.3 is 10.1 Å². The number of anilines is 1. The Bertz CT molecular complexity index is 1020. The van der Waals surface area contributed by atoms with Crippen LogP contribution in [0, 0.1) is 13.8 Å². The lowest BCUT2D eigenvalue weighted by atomic mass is 10.1. The van der Waals surface area contributed by atoms with E-state index in [-0.39, 0.29) is 11.2 Å². The van der Waals surface area contributed by atoms with Crippen molar-refractivity contribution in [3.63, 3.8) is 0 Å². The molecule has 1 heterocycles. The number of halogens is 1. The number of hydrogen-bond donors (Lipinski definition) is 1. The molecule has 2 aromatic carbocycles. The van der Waals surface area contributed by atoms with Crippen molar-refractivity contribution in [2.75, 3.05) is 12.4 Å². The topological polar surface area (TPSA) is 51.2 Å². The van der Waals surface area contributed by atoms with Gasteiger partial charge in [-0.1, -0.05) is 48.5 Å². The lowest BCUT2D eigenvalue weighted by Gasteiger charge is -2.16. The van der Waals surface area contributed by atoms with E-state index in [1.807, 2.05) is 19.1 Å². The van der Waals surface area contributed by atoms with Crippen molar-refractivity contribution in [3.8, 4) is 5.75 Å². The van der Waals surface area contributed by atoms with Crippen molar-refractivity contribution in [2.24, 2.45) is 0 Å². The first kappa shape index (κ1) is 20.5. The van der Waals surface area contributed by atoms with Gasteiger partial charge in [-0.15, -0.1) is 0 Å². The third kappa shape index (κ3) is 4.42.